The van der Waals surface area contributed by atoms with Crippen LogP contribution in [0.15, 0.2) is 51.9 Å². The molecule has 44 heavy (non-hydrogen) atoms. The molecule has 4 heterocycles. The van der Waals surface area contributed by atoms with Crippen LogP contribution in [0.3, 0.4) is 0 Å². The summed E-state index contributed by atoms with van der Waals surface area (Å²) in [6.45, 7) is 4.61. The Morgan fingerprint density at radius 2 is 1.91 bits per heavy atom. The van der Waals surface area contributed by atoms with Gasteiger partial charge in [0, 0.05) is 44.6 Å². The van der Waals surface area contributed by atoms with E-state index in [2.05, 4.69) is 20.6 Å². The Balaban J connectivity index is 1.40. The van der Waals surface area contributed by atoms with E-state index in [1.165, 1.54) is 23.1 Å². The number of piperazine rings is 1. The highest BCUT2D eigenvalue weighted by molar-refractivity contribution is 7.14. The Kier molecular flexibility index (Phi) is 9.84. The highest BCUT2D eigenvalue weighted by Crippen LogP contribution is 2.31. The molecule has 2 aromatic heterocycles. The number of rotatable bonds is 10. The molecule has 2 fully saturated rings. The maximum absolute atomic E-state index is 14.1. The van der Waals surface area contributed by atoms with E-state index < -0.39 is 0 Å². The van der Waals surface area contributed by atoms with Crippen LogP contribution < -0.4 is 20.7 Å². The normalized spacial score (nSPS) is 17.3. The van der Waals surface area contributed by atoms with Crippen LogP contribution in [-0.2, 0) is 24.0 Å². The number of nitrogens with one attached hydrogen (secondary N) is 1. The minimum Gasteiger partial charge on any atom is -0.466 e. The van der Waals surface area contributed by atoms with E-state index in [1.807, 2.05) is 40.1 Å². The van der Waals surface area contributed by atoms with Gasteiger partial charge in [0.1, 0.15) is 18.5 Å². The van der Waals surface area contributed by atoms with Crippen molar-refractivity contribution in [3.05, 3.63) is 58.0 Å². The molecule has 0 aliphatic carbocycles. The second kappa shape index (κ2) is 14.1. The number of hydrogen-bond donors (Lipinski definition) is 1. The Morgan fingerprint density at radius 1 is 1.14 bits per heavy atom. The van der Waals surface area contributed by atoms with Crippen LogP contribution >= 0.6 is 11.3 Å². The summed E-state index contributed by atoms with van der Waals surface area (Å²) in [6, 6.07) is 9.20. The van der Waals surface area contributed by atoms with Crippen molar-refractivity contribution in [2.24, 2.45) is 11.1 Å². The molecule has 2 saturated heterocycles. The topological polar surface area (TPSA) is 152 Å². The van der Waals surface area contributed by atoms with Gasteiger partial charge in [0.05, 0.1) is 30.1 Å². The van der Waals surface area contributed by atoms with Crippen molar-refractivity contribution >= 4 is 51.8 Å². The van der Waals surface area contributed by atoms with Gasteiger partial charge in [-0.15, -0.1) is 11.3 Å². The van der Waals surface area contributed by atoms with Crippen LogP contribution in [-0.4, -0.2) is 96.6 Å². The summed E-state index contributed by atoms with van der Waals surface area (Å²) >= 11 is 1.17. The second-order valence-electron chi connectivity index (χ2n) is 10.2. The summed E-state index contributed by atoms with van der Waals surface area (Å²) in [5.74, 6) is -0.957. The van der Waals surface area contributed by atoms with Crippen LogP contribution in [0.1, 0.15) is 25.5 Å². The Bertz CT molecular complexity index is 1570. The van der Waals surface area contributed by atoms with Crippen molar-refractivity contribution in [1.82, 2.24) is 19.7 Å². The van der Waals surface area contributed by atoms with Crippen molar-refractivity contribution in [3.8, 4) is 5.69 Å². The van der Waals surface area contributed by atoms with Crippen LogP contribution in [0, 0.1) is 5.92 Å². The zero-order chi connectivity index (χ0) is 31.1. The molecule has 0 radical (unpaired) electrons. The lowest BCUT2D eigenvalue weighted by Crippen LogP contribution is -2.52. The number of anilines is 3. The molecule has 14 nitrogen and oxygen atoms in total. The summed E-state index contributed by atoms with van der Waals surface area (Å²) in [5, 5.41) is 12.9. The zero-order valence-electron chi connectivity index (χ0n) is 24.5. The van der Waals surface area contributed by atoms with Crippen molar-refractivity contribution < 1.29 is 24.0 Å². The largest absolute Gasteiger partial charge is 0.466 e. The van der Waals surface area contributed by atoms with E-state index >= 15 is 0 Å². The quantitative estimate of drug-likeness (QED) is 0.153. The molecular formula is C29H34N8O6S. The van der Waals surface area contributed by atoms with Crippen LogP contribution in [0.2, 0.25) is 0 Å². The smallest absolute Gasteiger partial charge is 0.310 e. The van der Waals surface area contributed by atoms with E-state index in [4.69, 9.17) is 9.57 Å². The summed E-state index contributed by atoms with van der Waals surface area (Å²) in [4.78, 5) is 65.8. The van der Waals surface area contributed by atoms with Crippen molar-refractivity contribution in [2.45, 2.75) is 19.8 Å². The van der Waals surface area contributed by atoms with E-state index in [0.717, 1.165) is 6.42 Å². The SMILES string of the molecule is CCOC(=O)C1CCCN(c2c(N3CCN(C(=O)/C(=N\OC)c4csc(NC=O)n4)CC3)cnn(-c3ccccc3)c2=O)C1. The number of benzene rings is 1. The van der Waals surface area contributed by atoms with Crippen molar-refractivity contribution in [1.29, 1.82) is 0 Å². The number of aromatic nitrogens is 3. The van der Waals surface area contributed by atoms with Gasteiger partial charge < -0.3 is 29.6 Å². The van der Waals surface area contributed by atoms with E-state index in [-0.39, 0.29) is 29.1 Å². The number of carbonyl (C=O) groups is 3. The maximum atomic E-state index is 14.1. The third-order valence-electron chi connectivity index (χ3n) is 7.51. The van der Waals surface area contributed by atoms with Gasteiger partial charge in [-0.1, -0.05) is 23.4 Å². The first-order chi connectivity index (χ1) is 21.4. The molecular weight excluding hydrogens is 588 g/mol. The third-order valence-corrected chi connectivity index (χ3v) is 8.29. The average Bonchev–Trinajstić information content (AvgIpc) is 3.52. The number of amides is 2. The first-order valence-corrected chi connectivity index (χ1v) is 15.2. The van der Waals surface area contributed by atoms with Crippen LogP contribution in [0.4, 0.5) is 16.5 Å². The molecule has 1 unspecified atom stereocenters. The highest BCUT2D eigenvalue weighted by atomic mass is 32.1. The summed E-state index contributed by atoms with van der Waals surface area (Å²) in [5.41, 5.74) is 1.80. The fraction of sp³-hybridized carbons (Fsp3) is 0.414. The minimum atomic E-state index is -0.361. The molecule has 0 bridgehead atoms. The molecule has 2 aliphatic rings. The Labute approximate surface area is 257 Å². The van der Waals surface area contributed by atoms with E-state index in [1.54, 1.807) is 23.4 Å². The maximum Gasteiger partial charge on any atom is 0.310 e. The van der Waals surface area contributed by atoms with Crippen LogP contribution in [0.5, 0.6) is 0 Å². The number of thiazole rings is 1. The average molecular weight is 623 g/mol. The number of carbonyl (C=O) groups excluding carboxylic acids is 3. The van der Waals surface area contributed by atoms with Gasteiger partial charge in [0.2, 0.25) is 6.41 Å². The monoisotopic (exact) mass is 622 g/mol. The molecule has 3 aromatic rings. The van der Waals surface area contributed by atoms with Gasteiger partial charge in [-0.2, -0.15) is 9.78 Å². The molecule has 232 valence electrons. The number of hydrogen-bond acceptors (Lipinski definition) is 12. The number of esters is 1. The van der Waals surface area contributed by atoms with Gasteiger partial charge >= 0.3 is 5.97 Å². The lowest BCUT2D eigenvalue weighted by Gasteiger charge is -2.39. The van der Waals surface area contributed by atoms with Gasteiger partial charge in [-0.05, 0) is 31.9 Å². The number of oxime groups is 1. The highest BCUT2D eigenvalue weighted by Gasteiger charge is 2.33. The third kappa shape index (κ3) is 6.56. The Morgan fingerprint density at radius 3 is 2.61 bits per heavy atom. The number of piperidine rings is 1. The molecule has 15 heteroatoms. The summed E-state index contributed by atoms with van der Waals surface area (Å²) in [6.07, 6.45) is 3.63. The van der Waals surface area contributed by atoms with Gasteiger partial charge in [-0.3, -0.25) is 19.2 Å². The lowest BCUT2D eigenvalue weighted by molar-refractivity contribution is -0.148. The van der Waals surface area contributed by atoms with E-state index in [0.29, 0.717) is 86.6 Å². The molecule has 0 saturated carbocycles. The summed E-state index contributed by atoms with van der Waals surface area (Å²) < 4.78 is 6.68. The molecule has 0 spiro atoms. The number of ether oxygens (including phenoxy) is 1. The molecule has 5 rings (SSSR count). The van der Waals surface area contributed by atoms with Crippen molar-refractivity contribution in [2.75, 3.05) is 68.1 Å². The van der Waals surface area contributed by atoms with Crippen LogP contribution in [0.25, 0.3) is 5.69 Å². The first-order valence-electron chi connectivity index (χ1n) is 14.4. The second-order valence-corrected chi connectivity index (χ2v) is 11.0. The fourth-order valence-electron chi connectivity index (χ4n) is 5.44. The fourth-order valence-corrected chi connectivity index (χ4v) is 6.09. The predicted molar refractivity (Wildman–Crippen MR) is 166 cm³/mol. The molecule has 1 aromatic carbocycles. The zero-order valence-corrected chi connectivity index (χ0v) is 25.4. The lowest BCUT2D eigenvalue weighted by atomic mass is 9.97. The molecule has 2 aliphatic heterocycles. The van der Waals surface area contributed by atoms with Gasteiger partial charge in [0.15, 0.2) is 10.8 Å². The molecule has 2 amide bonds. The van der Waals surface area contributed by atoms with Gasteiger partial charge in [0.25, 0.3) is 11.5 Å². The minimum absolute atomic E-state index is 0.0299. The predicted octanol–water partition coefficient (Wildman–Crippen LogP) is 1.74. The van der Waals surface area contributed by atoms with E-state index in [9.17, 15) is 19.2 Å². The number of nitrogens with zero attached hydrogens (tertiary/aromatic N) is 7. The molecule has 1 N–H and O–H groups in total. The standard InChI is InChI=1S/C29H34N8O6S/c1-3-43-28(41)20-8-7-11-36(17-20)25-23(16-31-37(27(25)40)21-9-5-4-6-10-21)34-12-14-35(15-13-34)26(39)24(33-42-2)22-18-44-29(32-22)30-19-38/h4-6,9-10,16,18-20H,3,7-8,11-15,17H2,1-2H3,(H,30,32,38)/b33-24-. The summed E-state index contributed by atoms with van der Waals surface area (Å²) in [7, 11) is 1.35. The van der Waals surface area contributed by atoms with Crippen molar-refractivity contribution in [3.63, 3.8) is 0 Å². The first kappa shape index (κ1) is 30.7. The molecule has 1 atom stereocenters. The Hall–Kier alpha value is -4.79. The van der Waals surface area contributed by atoms with Gasteiger partial charge in [-0.25, -0.2) is 4.98 Å². The number of para-hydroxylation sites is 1.